The van der Waals surface area contributed by atoms with E-state index in [1.165, 1.54) is 12.8 Å². The highest BCUT2D eigenvalue weighted by Gasteiger charge is 2.20. The minimum absolute atomic E-state index is 0.0482. The topological polar surface area (TPSA) is 58.6 Å². The molecule has 0 bridgehead atoms. The largest absolute Gasteiger partial charge is 0.387 e. The molecule has 5 heteroatoms. The maximum absolute atomic E-state index is 11.8. The summed E-state index contributed by atoms with van der Waals surface area (Å²) in [7, 11) is 0. The van der Waals surface area contributed by atoms with Gasteiger partial charge >= 0.3 is 0 Å². The molecule has 4 nitrogen and oxygen atoms in total. The Bertz CT molecular complexity index is 495. The zero-order valence-electron chi connectivity index (χ0n) is 12.9. The molecule has 1 aliphatic carbocycles. The Morgan fingerprint density at radius 3 is 2.95 bits per heavy atom. The first kappa shape index (κ1) is 17.3. The number of rotatable bonds is 6. The smallest absolute Gasteiger partial charge is 0.246 e. The molecule has 1 aromatic carbocycles. The van der Waals surface area contributed by atoms with Crippen molar-refractivity contribution in [3.63, 3.8) is 0 Å². The van der Waals surface area contributed by atoms with Crippen molar-refractivity contribution < 1.29 is 14.6 Å². The lowest BCUT2D eigenvalue weighted by molar-refractivity contribution is -0.129. The van der Waals surface area contributed by atoms with Gasteiger partial charge in [-0.25, -0.2) is 0 Å². The van der Waals surface area contributed by atoms with Crippen LogP contribution in [0.4, 0.5) is 0 Å². The van der Waals surface area contributed by atoms with E-state index in [9.17, 15) is 9.90 Å². The van der Waals surface area contributed by atoms with Crippen LogP contribution in [0.1, 0.15) is 44.3 Å². The lowest BCUT2D eigenvalue weighted by Crippen LogP contribution is -2.34. The van der Waals surface area contributed by atoms with Crippen molar-refractivity contribution in [1.29, 1.82) is 0 Å². The Hall–Kier alpha value is -1.10. The minimum atomic E-state index is -0.813. The van der Waals surface area contributed by atoms with Gasteiger partial charge in [0, 0.05) is 17.1 Å². The Morgan fingerprint density at radius 1 is 1.45 bits per heavy atom. The van der Waals surface area contributed by atoms with Crippen LogP contribution in [-0.4, -0.2) is 30.3 Å². The van der Waals surface area contributed by atoms with Crippen molar-refractivity contribution in [3.05, 3.63) is 34.9 Å². The average Bonchev–Trinajstić information content (AvgIpc) is 2.51. The molecule has 22 heavy (non-hydrogen) atoms. The molecule has 2 N–H and O–H groups in total. The Morgan fingerprint density at radius 2 is 2.23 bits per heavy atom. The average molecular weight is 326 g/mol. The highest BCUT2D eigenvalue weighted by molar-refractivity contribution is 6.31. The molecule has 1 aliphatic rings. The second-order valence-electron chi connectivity index (χ2n) is 6.05. The standard InChI is InChI=1S/C17H24ClNO3/c1-12-5-4-6-13(9-12)22-11-17(21)19-10-16(20)14-7-2-3-8-15(14)18/h2-3,7-8,12-13,16,20H,4-6,9-11H2,1H3,(H,19,21). The number of amides is 1. The van der Waals surface area contributed by atoms with E-state index in [-0.39, 0.29) is 25.2 Å². The minimum Gasteiger partial charge on any atom is -0.387 e. The van der Waals surface area contributed by atoms with E-state index in [0.29, 0.717) is 16.5 Å². The maximum Gasteiger partial charge on any atom is 0.246 e. The highest BCUT2D eigenvalue weighted by atomic mass is 35.5. The monoisotopic (exact) mass is 325 g/mol. The van der Waals surface area contributed by atoms with Crippen LogP contribution in [0.15, 0.2) is 24.3 Å². The number of ether oxygens (including phenoxy) is 1. The van der Waals surface area contributed by atoms with E-state index < -0.39 is 6.10 Å². The summed E-state index contributed by atoms with van der Waals surface area (Å²) in [5.41, 5.74) is 0.617. The van der Waals surface area contributed by atoms with E-state index in [4.69, 9.17) is 16.3 Å². The van der Waals surface area contributed by atoms with Gasteiger partial charge in [-0.1, -0.05) is 49.6 Å². The van der Waals surface area contributed by atoms with Crippen LogP contribution in [0, 0.1) is 5.92 Å². The molecule has 2 rings (SSSR count). The van der Waals surface area contributed by atoms with Crippen LogP contribution >= 0.6 is 11.6 Å². The predicted molar refractivity (Wildman–Crippen MR) is 86.8 cm³/mol. The highest BCUT2D eigenvalue weighted by Crippen LogP contribution is 2.25. The summed E-state index contributed by atoms with van der Waals surface area (Å²) in [5.74, 6) is 0.466. The van der Waals surface area contributed by atoms with Gasteiger partial charge in [0.2, 0.25) is 5.91 Å². The van der Waals surface area contributed by atoms with Crippen LogP contribution in [0.2, 0.25) is 5.02 Å². The van der Waals surface area contributed by atoms with Gasteiger partial charge < -0.3 is 15.2 Å². The molecular formula is C17H24ClNO3. The number of aliphatic hydroxyl groups is 1. The Kier molecular flexibility index (Phi) is 6.68. The Balaban J connectivity index is 1.70. The Labute approximate surface area is 136 Å². The fraction of sp³-hybridized carbons (Fsp3) is 0.588. The molecule has 1 aromatic rings. The molecule has 1 amide bonds. The summed E-state index contributed by atoms with van der Waals surface area (Å²) in [6.07, 6.45) is 3.83. The quantitative estimate of drug-likeness (QED) is 0.845. The van der Waals surface area contributed by atoms with Gasteiger partial charge in [0.05, 0.1) is 12.2 Å². The zero-order chi connectivity index (χ0) is 15.9. The van der Waals surface area contributed by atoms with Gasteiger partial charge in [0.25, 0.3) is 0 Å². The first-order valence-corrected chi connectivity index (χ1v) is 8.25. The number of carbonyl (C=O) groups excluding carboxylic acids is 1. The third-order valence-electron chi connectivity index (χ3n) is 4.10. The van der Waals surface area contributed by atoms with Crippen LogP contribution in [0.5, 0.6) is 0 Å². The second-order valence-corrected chi connectivity index (χ2v) is 6.45. The lowest BCUT2D eigenvalue weighted by atomic mass is 9.89. The first-order chi connectivity index (χ1) is 10.6. The summed E-state index contributed by atoms with van der Waals surface area (Å²) >= 11 is 6.01. The summed E-state index contributed by atoms with van der Waals surface area (Å²) in [6, 6.07) is 7.07. The zero-order valence-corrected chi connectivity index (χ0v) is 13.7. The summed E-state index contributed by atoms with van der Waals surface area (Å²) in [4.78, 5) is 11.8. The van der Waals surface area contributed by atoms with E-state index in [0.717, 1.165) is 12.8 Å². The van der Waals surface area contributed by atoms with E-state index in [1.807, 2.05) is 0 Å². The number of carbonyl (C=O) groups is 1. The number of aliphatic hydroxyl groups excluding tert-OH is 1. The number of nitrogens with one attached hydrogen (secondary N) is 1. The molecule has 0 radical (unpaired) electrons. The third-order valence-corrected chi connectivity index (χ3v) is 4.44. The molecular weight excluding hydrogens is 302 g/mol. The molecule has 122 valence electrons. The van der Waals surface area contributed by atoms with Crippen molar-refractivity contribution in [2.24, 2.45) is 5.92 Å². The number of halogens is 1. The van der Waals surface area contributed by atoms with E-state index in [1.54, 1.807) is 24.3 Å². The van der Waals surface area contributed by atoms with E-state index in [2.05, 4.69) is 12.2 Å². The van der Waals surface area contributed by atoms with Crippen molar-refractivity contribution in [2.45, 2.75) is 44.8 Å². The van der Waals surface area contributed by atoms with E-state index >= 15 is 0 Å². The number of hydrogen-bond acceptors (Lipinski definition) is 3. The molecule has 1 fully saturated rings. The number of hydrogen-bond donors (Lipinski definition) is 2. The van der Waals surface area contributed by atoms with Crippen LogP contribution < -0.4 is 5.32 Å². The molecule has 0 spiro atoms. The molecule has 0 saturated heterocycles. The van der Waals surface area contributed by atoms with Crippen molar-refractivity contribution in [2.75, 3.05) is 13.2 Å². The third kappa shape index (κ3) is 5.27. The van der Waals surface area contributed by atoms with Crippen LogP contribution in [-0.2, 0) is 9.53 Å². The summed E-state index contributed by atoms with van der Waals surface area (Å²) in [6.45, 7) is 2.40. The van der Waals surface area contributed by atoms with Gasteiger partial charge in [-0.15, -0.1) is 0 Å². The normalized spacial score (nSPS) is 23.0. The first-order valence-electron chi connectivity index (χ1n) is 7.87. The second kappa shape index (κ2) is 8.51. The SMILES string of the molecule is CC1CCCC(OCC(=O)NCC(O)c2ccccc2Cl)C1. The molecule has 0 heterocycles. The molecule has 3 atom stereocenters. The summed E-state index contributed by atoms with van der Waals surface area (Å²) in [5, 5.41) is 13.2. The lowest BCUT2D eigenvalue weighted by Gasteiger charge is -2.26. The van der Waals surface area contributed by atoms with Crippen molar-refractivity contribution in [3.8, 4) is 0 Å². The maximum atomic E-state index is 11.8. The van der Waals surface area contributed by atoms with Gasteiger partial charge in [-0.2, -0.15) is 0 Å². The predicted octanol–water partition coefficient (Wildman–Crippen LogP) is 3.08. The summed E-state index contributed by atoms with van der Waals surface area (Å²) < 4.78 is 5.66. The van der Waals surface area contributed by atoms with Gasteiger partial charge in [-0.05, 0) is 24.8 Å². The molecule has 0 aliphatic heterocycles. The molecule has 0 aromatic heterocycles. The van der Waals surface area contributed by atoms with Gasteiger partial charge in [0.15, 0.2) is 0 Å². The fourth-order valence-electron chi connectivity index (χ4n) is 2.84. The molecule has 3 unspecified atom stereocenters. The number of benzene rings is 1. The van der Waals surface area contributed by atoms with Crippen LogP contribution in [0.25, 0.3) is 0 Å². The van der Waals surface area contributed by atoms with Gasteiger partial charge in [0.1, 0.15) is 6.61 Å². The molecule has 1 saturated carbocycles. The fourth-order valence-corrected chi connectivity index (χ4v) is 3.10. The van der Waals surface area contributed by atoms with Crippen molar-refractivity contribution >= 4 is 17.5 Å². The van der Waals surface area contributed by atoms with Crippen molar-refractivity contribution in [1.82, 2.24) is 5.32 Å². The van der Waals surface area contributed by atoms with Crippen LogP contribution in [0.3, 0.4) is 0 Å². The van der Waals surface area contributed by atoms with Gasteiger partial charge in [-0.3, -0.25) is 4.79 Å².